The van der Waals surface area contributed by atoms with Crippen molar-refractivity contribution in [2.75, 3.05) is 20.8 Å². The van der Waals surface area contributed by atoms with E-state index < -0.39 is 17.6 Å². The Kier molecular flexibility index (Phi) is 6.88. The number of benzene rings is 1. The first-order valence-electron chi connectivity index (χ1n) is 7.42. The van der Waals surface area contributed by atoms with Gasteiger partial charge in [0.25, 0.3) is 0 Å². The summed E-state index contributed by atoms with van der Waals surface area (Å²) in [5.74, 6) is -0.172. The van der Waals surface area contributed by atoms with Crippen LogP contribution in [0.2, 0.25) is 0 Å². The minimum Gasteiger partial charge on any atom is -0.497 e. The van der Waals surface area contributed by atoms with Crippen LogP contribution in [0.5, 0.6) is 5.75 Å². The molecule has 6 heteroatoms. The van der Waals surface area contributed by atoms with E-state index in [1.807, 2.05) is 24.3 Å². The Hall–Kier alpha value is -2.24. The minimum absolute atomic E-state index is 0.138. The molecule has 0 fully saturated rings. The summed E-state index contributed by atoms with van der Waals surface area (Å²) < 4.78 is 15.1. The van der Waals surface area contributed by atoms with E-state index in [1.165, 1.54) is 7.11 Å². The Morgan fingerprint density at radius 1 is 1.22 bits per heavy atom. The number of amides is 1. The van der Waals surface area contributed by atoms with Crippen molar-refractivity contribution in [1.82, 2.24) is 5.32 Å². The molecule has 1 rings (SSSR count). The number of hydrogen-bond acceptors (Lipinski definition) is 5. The molecule has 0 aliphatic rings. The highest BCUT2D eigenvalue weighted by Crippen LogP contribution is 2.17. The summed E-state index contributed by atoms with van der Waals surface area (Å²) in [7, 11) is 2.91. The molecule has 1 amide bonds. The fraction of sp³-hybridized carbons (Fsp3) is 0.529. The van der Waals surface area contributed by atoms with Gasteiger partial charge in [-0.2, -0.15) is 0 Å². The molecule has 1 N–H and O–H groups in total. The topological polar surface area (TPSA) is 73.9 Å². The fourth-order valence-electron chi connectivity index (χ4n) is 2.01. The highest BCUT2D eigenvalue weighted by atomic mass is 16.6. The predicted molar refractivity (Wildman–Crippen MR) is 86.4 cm³/mol. The van der Waals surface area contributed by atoms with Crippen molar-refractivity contribution in [3.05, 3.63) is 29.8 Å². The second-order valence-electron chi connectivity index (χ2n) is 6.16. The summed E-state index contributed by atoms with van der Waals surface area (Å²) in [5.41, 5.74) is 0.336. The Morgan fingerprint density at radius 3 is 2.48 bits per heavy atom. The van der Waals surface area contributed by atoms with Gasteiger partial charge < -0.3 is 19.5 Å². The molecule has 23 heavy (non-hydrogen) atoms. The van der Waals surface area contributed by atoms with Crippen LogP contribution in [0.25, 0.3) is 0 Å². The zero-order chi connectivity index (χ0) is 17.5. The lowest BCUT2D eigenvalue weighted by molar-refractivity contribution is -0.145. The number of nitrogens with one attached hydrogen (secondary N) is 1. The standard InChI is InChI=1S/C17H25NO5/c1-17(2,3)23-16(20)18-11-13(15(19)22-5)9-12-7-6-8-14(10-12)21-4/h6-8,10,13H,9,11H2,1-5H3,(H,18,20)/t13-/m0/s1. The van der Waals surface area contributed by atoms with Gasteiger partial charge in [0.1, 0.15) is 11.4 Å². The van der Waals surface area contributed by atoms with Gasteiger partial charge in [0.15, 0.2) is 0 Å². The summed E-state index contributed by atoms with van der Waals surface area (Å²) in [6.45, 7) is 5.47. The van der Waals surface area contributed by atoms with Crippen molar-refractivity contribution in [2.24, 2.45) is 5.92 Å². The average Bonchev–Trinajstić information content (AvgIpc) is 2.49. The van der Waals surface area contributed by atoms with Crippen molar-refractivity contribution < 1.29 is 23.8 Å². The van der Waals surface area contributed by atoms with Crippen LogP contribution in [0.1, 0.15) is 26.3 Å². The van der Waals surface area contributed by atoms with Crippen molar-refractivity contribution in [2.45, 2.75) is 32.8 Å². The maximum atomic E-state index is 11.9. The maximum absolute atomic E-state index is 11.9. The third-order valence-electron chi connectivity index (χ3n) is 3.04. The zero-order valence-electron chi connectivity index (χ0n) is 14.3. The van der Waals surface area contributed by atoms with Crippen molar-refractivity contribution >= 4 is 12.1 Å². The largest absolute Gasteiger partial charge is 0.497 e. The highest BCUT2D eigenvalue weighted by molar-refractivity contribution is 5.74. The number of carbonyl (C=O) groups is 2. The molecule has 0 spiro atoms. The molecule has 128 valence electrons. The lowest BCUT2D eigenvalue weighted by Gasteiger charge is -2.21. The number of methoxy groups -OCH3 is 2. The molecule has 0 aliphatic carbocycles. The molecule has 0 saturated heterocycles. The summed E-state index contributed by atoms with van der Waals surface area (Å²) in [4.78, 5) is 23.6. The number of rotatable bonds is 6. The van der Waals surface area contributed by atoms with Gasteiger partial charge in [-0.15, -0.1) is 0 Å². The van der Waals surface area contributed by atoms with Gasteiger partial charge >= 0.3 is 12.1 Å². The van der Waals surface area contributed by atoms with Gasteiger partial charge in [-0.25, -0.2) is 4.79 Å². The van der Waals surface area contributed by atoms with Crippen LogP contribution in [-0.2, 0) is 20.7 Å². The summed E-state index contributed by atoms with van der Waals surface area (Å²) in [5, 5.41) is 2.61. The average molecular weight is 323 g/mol. The van der Waals surface area contributed by atoms with Crippen molar-refractivity contribution in [3.8, 4) is 5.75 Å². The Morgan fingerprint density at radius 2 is 1.91 bits per heavy atom. The van der Waals surface area contributed by atoms with Crippen LogP contribution < -0.4 is 10.1 Å². The smallest absolute Gasteiger partial charge is 0.407 e. The first-order chi connectivity index (χ1) is 10.7. The molecule has 1 atom stereocenters. The van der Waals surface area contributed by atoms with Crippen LogP contribution in [-0.4, -0.2) is 38.4 Å². The molecule has 0 radical (unpaired) electrons. The van der Waals surface area contributed by atoms with Crippen LogP contribution >= 0.6 is 0 Å². The molecule has 1 aromatic carbocycles. The zero-order valence-corrected chi connectivity index (χ0v) is 14.3. The molecule has 0 unspecified atom stereocenters. The Labute approximate surface area is 137 Å². The quantitative estimate of drug-likeness (QED) is 0.814. The molecule has 0 heterocycles. The summed E-state index contributed by atoms with van der Waals surface area (Å²) in [6, 6.07) is 7.43. The second kappa shape index (κ2) is 8.41. The van der Waals surface area contributed by atoms with E-state index in [1.54, 1.807) is 27.9 Å². The number of ether oxygens (including phenoxy) is 3. The Balaban J connectivity index is 2.69. The maximum Gasteiger partial charge on any atom is 0.407 e. The molecule has 0 aromatic heterocycles. The third kappa shape index (κ3) is 7.04. The lowest BCUT2D eigenvalue weighted by atomic mass is 9.99. The number of carbonyl (C=O) groups excluding carboxylic acids is 2. The monoisotopic (exact) mass is 323 g/mol. The highest BCUT2D eigenvalue weighted by Gasteiger charge is 2.23. The van der Waals surface area contributed by atoms with E-state index in [-0.39, 0.29) is 12.5 Å². The molecule has 1 aromatic rings. The van der Waals surface area contributed by atoms with Crippen LogP contribution in [0.15, 0.2) is 24.3 Å². The Bertz CT molecular complexity index is 536. The number of esters is 1. The van der Waals surface area contributed by atoms with Gasteiger partial charge in [0, 0.05) is 6.54 Å². The first-order valence-corrected chi connectivity index (χ1v) is 7.42. The summed E-state index contributed by atoms with van der Waals surface area (Å²) >= 11 is 0. The molecule has 6 nitrogen and oxygen atoms in total. The van der Waals surface area contributed by atoms with E-state index in [0.29, 0.717) is 12.2 Å². The molecule has 0 aliphatic heterocycles. The molecule has 0 saturated carbocycles. The van der Waals surface area contributed by atoms with E-state index in [9.17, 15) is 9.59 Å². The van der Waals surface area contributed by atoms with E-state index in [2.05, 4.69) is 5.32 Å². The lowest BCUT2D eigenvalue weighted by Crippen LogP contribution is -2.38. The molecular weight excluding hydrogens is 298 g/mol. The predicted octanol–water partition coefficient (Wildman–Crippen LogP) is 2.55. The normalized spacial score (nSPS) is 12.2. The van der Waals surface area contributed by atoms with Gasteiger partial charge in [-0.1, -0.05) is 12.1 Å². The first kappa shape index (κ1) is 18.8. The van der Waals surface area contributed by atoms with Crippen molar-refractivity contribution in [1.29, 1.82) is 0 Å². The van der Waals surface area contributed by atoms with E-state index in [0.717, 1.165) is 5.56 Å². The van der Waals surface area contributed by atoms with Crippen LogP contribution in [0.3, 0.4) is 0 Å². The second-order valence-corrected chi connectivity index (χ2v) is 6.16. The van der Waals surface area contributed by atoms with E-state index in [4.69, 9.17) is 14.2 Å². The minimum atomic E-state index is -0.586. The summed E-state index contributed by atoms with van der Waals surface area (Å²) in [6.07, 6.45) is -0.128. The van der Waals surface area contributed by atoms with Gasteiger partial charge in [0.05, 0.1) is 20.1 Å². The van der Waals surface area contributed by atoms with E-state index >= 15 is 0 Å². The molecular formula is C17H25NO5. The molecule has 0 bridgehead atoms. The third-order valence-corrected chi connectivity index (χ3v) is 3.04. The van der Waals surface area contributed by atoms with Gasteiger partial charge in [-0.3, -0.25) is 4.79 Å². The van der Waals surface area contributed by atoms with Crippen molar-refractivity contribution in [3.63, 3.8) is 0 Å². The number of hydrogen-bond donors (Lipinski definition) is 1. The van der Waals surface area contributed by atoms with Crippen LogP contribution in [0.4, 0.5) is 4.79 Å². The SMILES string of the molecule is COC(=O)[C@H](CNC(=O)OC(C)(C)C)Cc1cccc(OC)c1. The van der Waals surface area contributed by atoms with Gasteiger partial charge in [-0.05, 0) is 44.9 Å². The number of alkyl carbamates (subject to hydrolysis) is 1. The van der Waals surface area contributed by atoms with Crippen LogP contribution in [0, 0.1) is 5.92 Å². The fourth-order valence-corrected chi connectivity index (χ4v) is 2.01. The van der Waals surface area contributed by atoms with Gasteiger partial charge in [0.2, 0.25) is 0 Å².